The Morgan fingerprint density at radius 2 is 2.05 bits per heavy atom. The van der Waals surface area contributed by atoms with Crippen molar-refractivity contribution in [3.63, 3.8) is 0 Å². The fraction of sp³-hybridized carbons (Fsp3) is 0.0625. The Bertz CT molecular complexity index is 948. The van der Waals surface area contributed by atoms with Crippen molar-refractivity contribution in [2.24, 2.45) is 5.10 Å². The molecule has 5 nitrogen and oxygen atoms in total. The molecule has 6 heteroatoms. The topological polar surface area (TPSA) is 67.5 Å². The molecule has 0 fully saturated rings. The number of nitrogens with zero attached hydrogens (tertiary/aromatic N) is 3. The molecule has 0 spiro atoms. The van der Waals surface area contributed by atoms with Crippen LogP contribution in [-0.4, -0.2) is 21.0 Å². The highest BCUT2D eigenvalue weighted by Crippen LogP contribution is 2.19. The van der Waals surface area contributed by atoms with Crippen LogP contribution in [0.15, 0.2) is 52.4 Å². The molecular weight excluding hydrogens is 302 g/mol. The molecule has 2 aromatic carbocycles. The number of aromatic nitrogens is 2. The summed E-state index contributed by atoms with van der Waals surface area (Å²) < 4.78 is 1.20. The number of phenolic OH excluding ortho intramolecular Hbond substituents is 1. The fourth-order valence-electron chi connectivity index (χ4n) is 2.12. The molecular formula is C16H12ClN3O2. The van der Waals surface area contributed by atoms with E-state index in [2.05, 4.69) is 10.1 Å². The molecule has 1 aromatic heterocycles. The fourth-order valence-corrected chi connectivity index (χ4v) is 2.30. The smallest absolute Gasteiger partial charge is 0.282 e. The van der Waals surface area contributed by atoms with Crippen molar-refractivity contribution in [2.75, 3.05) is 0 Å². The lowest BCUT2D eigenvalue weighted by Gasteiger charge is -2.05. The number of hydrogen-bond acceptors (Lipinski definition) is 4. The summed E-state index contributed by atoms with van der Waals surface area (Å²) >= 11 is 5.89. The quantitative estimate of drug-likeness (QED) is 0.740. The van der Waals surface area contributed by atoms with E-state index in [1.807, 2.05) is 6.07 Å². The van der Waals surface area contributed by atoms with Crippen LogP contribution in [0, 0.1) is 6.92 Å². The minimum absolute atomic E-state index is 0.0348. The van der Waals surface area contributed by atoms with Gasteiger partial charge in [-0.3, -0.25) is 4.79 Å². The molecule has 3 aromatic rings. The van der Waals surface area contributed by atoms with E-state index in [1.165, 1.54) is 17.0 Å². The van der Waals surface area contributed by atoms with Crippen LogP contribution in [0.4, 0.5) is 0 Å². The summed E-state index contributed by atoms with van der Waals surface area (Å²) in [4.78, 5) is 16.8. The van der Waals surface area contributed by atoms with Gasteiger partial charge in [-0.1, -0.05) is 23.7 Å². The van der Waals surface area contributed by atoms with Gasteiger partial charge in [0.15, 0.2) is 0 Å². The number of para-hydroxylation sites is 1. The van der Waals surface area contributed by atoms with E-state index in [9.17, 15) is 9.90 Å². The van der Waals surface area contributed by atoms with Crippen molar-refractivity contribution in [2.45, 2.75) is 6.92 Å². The summed E-state index contributed by atoms with van der Waals surface area (Å²) in [7, 11) is 0. The Kier molecular flexibility index (Phi) is 3.65. The molecule has 3 rings (SSSR count). The zero-order valence-corrected chi connectivity index (χ0v) is 12.4. The van der Waals surface area contributed by atoms with Gasteiger partial charge in [0, 0.05) is 10.6 Å². The molecule has 0 bridgehead atoms. The largest absolute Gasteiger partial charge is 0.507 e. The van der Waals surface area contributed by atoms with Gasteiger partial charge in [0.1, 0.15) is 11.6 Å². The van der Waals surface area contributed by atoms with Crippen molar-refractivity contribution >= 4 is 28.7 Å². The highest BCUT2D eigenvalue weighted by Gasteiger charge is 2.06. The van der Waals surface area contributed by atoms with Crippen LogP contribution in [0.1, 0.15) is 11.4 Å². The third-order valence-corrected chi connectivity index (χ3v) is 3.45. The van der Waals surface area contributed by atoms with Crippen LogP contribution in [0.5, 0.6) is 5.75 Å². The van der Waals surface area contributed by atoms with Crippen molar-refractivity contribution in [3.05, 3.63) is 69.2 Å². The minimum atomic E-state index is -0.263. The van der Waals surface area contributed by atoms with E-state index in [4.69, 9.17) is 11.6 Å². The summed E-state index contributed by atoms with van der Waals surface area (Å²) in [6, 6.07) is 11.7. The van der Waals surface area contributed by atoms with Crippen LogP contribution < -0.4 is 5.56 Å². The second kappa shape index (κ2) is 5.61. The van der Waals surface area contributed by atoms with Gasteiger partial charge in [0.2, 0.25) is 0 Å². The standard InChI is InChI=1S/C16H12ClN3O2/c1-10-19-14-5-3-2-4-13(14)16(22)20(10)18-9-11-8-12(17)6-7-15(11)21/h2-9,21H,1H3/b18-9+. The average Bonchev–Trinajstić information content (AvgIpc) is 2.50. The van der Waals surface area contributed by atoms with Crippen LogP contribution in [0.2, 0.25) is 5.02 Å². The van der Waals surface area contributed by atoms with Gasteiger partial charge in [-0.25, -0.2) is 4.98 Å². The average molecular weight is 314 g/mol. The summed E-state index contributed by atoms with van der Waals surface area (Å²) in [5, 5.41) is 14.9. The van der Waals surface area contributed by atoms with E-state index in [0.29, 0.717) is 27.3 Å². The summed E-state index contributed by atoms with van der Waals surface area (Å²) in [6.45, 7) is 1.70. The monoisotopic (exact) mass is 313 g/mol. The maximum absolute atomic E-state index is 12.4. The first-order chi connectivity index (χ1) is 10.6. The van der Waals surface area contributed by atoms with E-state index in [1.54, 1.807) is 37.3 Å². The number of benzene rings is 2. The van der Waals surface area contributed by atoms with Crippen LogP contribution in [0.25, 0.3) is 10.9 Å². The first kappa shape index (κ1) is 14.3. The van der Waals surface area contributed by atoms with Crippen molar-refractivity contribution in [1.82, 2.24) is 9.66 Å². The van der Waals surface area contributed by atoms with Crippen molar-refractivity contribution < 1.29 is 5.11 Å². The molecule has 0 saturated heterocycles. The number of fused-ring (bicyclic) bond motifs is 1. The van der Waals surface area contributed by atoms with Crippen LogP contribution in [0.3, 0.4) is 0 Å². The Morgan fingerprint density at radius 1 is 1.27 bits per heavy atom. The van der Waals surface area contributed by atoms with E-state index in [-0.39, 0.29) is 11.3 Å². The van der Waals surface area contributed by atoms with E-state index >= 15 is 0 Å². The first-order valence-corrected chi connectivity index (χ1v) is 6.95. The molecule has 110 valence electrons. The molecule has 0 unspecified atom stereocenters. The number of rotatable bonds is 2. The summed E-state index contributed by atoms with van der Waals surface area (Å²) in [5.74, 6) is 0.495. The van der Waals surface area contributed by atoms with Gasteiger partial charge in [-0.05, 0) is 37.3 Å². The number of halogens is 1. The zero-order valence-electron chi connectivity index (χ0n) is 11.7. The third-order valence-electron chi connectivity index (χ3n) is 3.22. The Morgan fingerprint density at radius 3 is 2.86 bits per heavy atom. The van der Waals surface area contributed by atoms with Crippen LogP contribution in [-0.2, 0) is 0 Å². The van der Waals surface area contributed by atoms with Crippen molar-refractivity contribution in [1.29, 1.82) is 0 Å². The number of hydrogen-bond donors (Lipinski definition) is 1. The molecule has 1 N–H and O–H groups in total. The maximum atomic E-state index is 12.4. The lowest BCUT2D eigenvalue weighted by Crippen LogP contribution is -2.20. The Balaban J connectivity index is 2.13. The number of aryl methyl sites for hydroxylation is 1. The molecule has 1 heterocycles. The van der Waals surface area contributed by atoms with Gasteiger partial charge in [-0.2, -0.15) is 9.78 Å². The lowest BCUT2D eigenvalue weighted by atomic mass is 10.2. The zero-order chi connectivity index (χ0) is 15.7. The summed E-state index contributed by atoms with van der Waals surface area (Å²) in [6.07, 6.45) is 1.38. The van der Waals surface area contributed by atoms with Gasteiger partial charge in [0.25, 0.3) is 5.56 Å². The van der Waals surface area contributed by atoms with E-state index < -0.39 is 0 Å². The van der Waals surface area contributed by atoms with Crippen molar-refractivity contribution in [3.8, 4) is 5.75 Å². The lowest BCUT2D eigenvalue weighted by molar-refractivity contribution is 0.474. The Hall–Kier alpha value is -2.66. The predicted molar refractivity (Wildman–Crippen MR) is 86.8 cm³/mol. The number of aromatic hydroxyl groups is 1. The van der Waals surface area contributed by atoms with Gasteiger partial charge >= 0.3 is 0 Å². The molecule has 0 atom stereocenters. The molecule has 0 radical (unpaired) electrons. The third kappa shape index (κ3) is 2.58. The highest BCUT2D eigenvalue weighted by atomic mass is 35.5. The van der Waals surface area contributed by atoms with Gasteiger partial charge in [0.05, 0.1) is 17.1 Å². The summed E-state index contributed by atoms with van der Waals surface area (Å²) in [5.41, 5.74) is 0.787. The Labute approximate surface area is 131 Å². The van der Waals surface area contributed by atoms with Crippen LogP contribution >= 0.6 is 11.6 Å². The minimum Gasteiger partial charge on any atom is -0.507 e. The predicted octanol–water partition coefficient (Wildman–Crippen LogP) is 2.95. The number of phenols is 1. The SMILES string of the molecule is Cc1nc2ccccc2c(=O)n1/N=C/c1cc(Cl)ccc1O. The molecule has 0 aliphatic carbocycles. The molecule has 0 amide bonds. The van der Waals surface area contributed by atoms with Gasteiger partial charge in [-0.15, -0.1) is 0 Å². The second-order valence-corrected chi connectivity index (χ2v) is 5.18. The molecule has 22 heavy (non-hydrogen) atoms. The highest BCUT2D eigenvalue weighted by molar-refractivity contribution is 6.30. The normalized spacial score (nSPS) is 11.4. The first-order valence-electron chi connectivity index (χ1n) is 6.57. The van der Waals surface area contributed by atoms with Gasteiger partial charge < -0.3 is 5.11 Å². The maximum Gasteiger partial charge on any atom is 0.282 e. The molecule has 0 aliphatic heterocycles. The molecule has 0 saturated carbocycles. The van der Waals surface area contributed by atoms with E-state index in [0.717, 1.165) is 0 Å². The second-order valence-electron chi connectivity index (χ2n) is 4.74. The molecule has 0 aliphatic rings.